The van der Waals surface area contributed by atoms with Crippen molar-refractivity contribution < 1.29 is 38.4 Å². The van der Waals surface area contributed by atoms with Crippen LogP contribution >= 0.6 is 0 Å². The zero-order valence-electron chi connectivity index (χ0n) is 15.5. The molecule has 0 atom stereocenters. The van der Waals surface area contributed by atoms with Crippen LogP contribution < -0.4 is 14.8 Å². The zero-order valence-corrected chi connectivity index (χ0v) is 18.4. The summed E-state index contributed by atoms with van der Waals surface area (Å²) in [5.74, 6) is 1.73. The Morgan fingerprint density at radius 1 is 1.25 bits per heavy atom. The van der Waals surface area contributed by atoms with Gasteiger partial charge in [-0.05, 0) is 0 Å². The summed E-state index contributed by atoms with van der Waals surface area (Å²) in [6, 6.07) is 5.14. The van der Waals surface area contributed by atoms with Crippen molar-refractivity contribution in [2.45, 2.75) is 6.54 Å². The van der Waals surface area contributed by atoms with E-state index in [1.807, 2.05) is 18.3 Å². The molecule has 0 spiro atoms. The van der Waals surface area contributed by atoms with Gasteiger partial charge in [0.05, 0.1) is 0 Å². The maximum absolute atomic E-state index is 12.5. The molecule has 1 N–H and O–H groups in total. The Bertz CT molecular complexity index is 905. The molecule has 7 nitrogen and oxygen atoms in total. The predicted octanol–water partition coefficient (Wildman–Crippen LogP) is 1.87. The number of benzene rings is 1. The minimum absolute atomic E-state index is 0.273. The first-order valence-electron chi connectivity index (χ1n) is 8.77. The van der Waals surface area contributed by atoms with Crippen LogP contribution in [0.3, 0.4) is 0 Å². The first-order chi connectivity index (χ1) is 13.7. The van der Waals surface area contributed by atoms with E-state index in [0.717, 1.165) is 9.72 Å². The van der Waals surface area contributed by atoms with E-state index in [9.17, 15) is 4.79 Å². The van der Waals surface area contributed by atoms with Crippen LogP contribution in [-0.2, 0) is 30.6 Å². The van der Waals surface area contributed by atoms with Crippen LogP contribution in [0.15, 0.2) is 55.0 Å². The van der Waals surface area contributed by atoms with Gasteiger partial charge in [0.15, 0.2) is 0 Å². The normalized spacial score (nSPS) is 15.8. The number of fused-ring (bicyclic) bond motifs is 2. The third-order valence-corrected chi connectivity index (χ3v) is 5.14. The van der Waals surface area contributed by atoms with Gasteiger partial charge in [-0.2, -0.15) is 0 Å². The van der Waals surface area contributed by atoms with E-state index in [-0.39, 0.29) is 5.91 Å². The third kappa shape index (κ3) is 5.27. The molecule has 3 rings (SSSR count). The van der Waals surface area contributed by atoms with Gasteiger partial charge >= 0.3 is 174 Å². The molecular weight excluding hydrogens is 530 g/mol. The quantitative estimate of drug-likeness (QED) is 0.587. The van der Waals surface area contributed by atoms with Gasteiger partial charge in [-0.1, -0.05) is 0 Å². The number of amides is 1. The Balaban J connectivity index is 1.80. The van der Waals surface area contributed by atoms with Crippen LogP contribution in [-0.4, -0.2) is 46.3 Å². The number of nitrogens with zero attached hydrogens (tertiary/aromatic N) is 2. The van der Waals surface area contributed by atoms with Crippen LogP contribution in [0.1, 0.15) is 16.2 Å². The summed E-state index contributed by atoms with van der Waals surface area (Å²) >= 11 is 1.31. The molecule has 8 heteroatoms. The molecule has 1 aromatic carbocycles. The van der Waals surface area contributed by atoms with Crippen LogP contribution in [0.25, 0.3) is 0 Å². The summed E-state index contributed by atoms with van der Waals surface area (Å²) in [6.45, 7) is 2.03. The second-order valence-corrected chi connectivity index (χ2v) is 7.40. The summed E-state index contributed by atoms with van der Waals surface area (Å²) in [7, 11) is 1.56. The van der Waals surface area contributed by atoms with Gasteiger partial charge in [0.1, 0.15) is 0 Å². The molecule has 1 aliphatic heterocycles. The molecule has 0 unspecified atom stereocenters. The van der Waals surface area contributed by atoms with Crippen LogP contribution in [0.2, 0.25) is 0 Å². The number of rotatable bonds is 1. The number of carbonyl (C=O) groups is 1. The topological polar surface area (TPSA) is 74.6 Å². The predicted molar refractivity (Wildman–Crippen MR) is 101 cm³/mol. The fourth-order valence-corrected chi connectivity index (χ4v) is 3.50. The molecule has 0 saturated heterocycles. The number of hydrogen-bond acceptors (Lipinski definition) is 5. The summed E-state index contributed by atoms with van der Waals surface area (Å²) in [6.07, 6.45) is 11.0. The molecule has 146 valence electrons. The van der Waals surface area contributed by atoms with E-state index >= 15 is 0 Å². The van der Waals surface area contributed by atoms with Crippen molar-refractivity contribution in [1.82, 2.24) is 14.9 Å². The average Bonchev–Trinajstić information content (AvgIpc) is 3.18. The Kier molecular flexibility index (Phi) is 7.34. The molecule has 1 aliphatic rings. The van der Waals surface area contributed by atoms with Gasteiger partial charge in [-0.15, -0.1) is 0 Å². The second kappa shape index (κ2) is 10.2. The van der Waals surface area contributed by atoms with Gasteiger partial charge < -0.3 is 0 Å². The van der Waals surface area contributed by atoms with E-state index in [2.05, 4.69) is 14.9 Å². The number of aromatic nitrogens is 2. The molecule has 0 bridgehead atoms. The number of allylic oxidation sites excluding steroid dienone is 3. The summed E-state index contributed by atoms with van der Waals surface area (Å²) in [4.78, 5) is 17.0. The molecule has 28 heavy (non-hydrogen) atoms. The fraction of sp³-hybridized carbons (Fsp3) is 0.250. The van der Waals surface area contributed by atoms with Gasteiger partial charge in [-0.25, -0.2) is 0 Å². The summed E-state index contributed by atoms with van der Waals surface area (Å²) < 4.78 is 19.8. The van der Waals surface area contributed by atoms with Gasteiger partial charge in [0.2, 0.25) is 0 Å². The number of hydrogen-bond donors (Lipinski definition) is 1. The Labute approximate surface area is 174 Å². The maximum atomic E-state index is 12.5. The number of imidazole rings is 1. The SMILES string of the molecule is COc1ccc2c(c1)C(=O)NC=CC=C[C](=[W])c1nccn1CCOCCO2. The van der Waals surface area contributed by atoms with E-state index in [1.165, 1.54) is 19.4 Å². The Morgan fingerprint density at radius 3 is 3.00 bits per heavy atom. The third-order valence-electron chi connectivity index (χ3n) is 4.00. The van der Waals surface area contributed by atoms with Gasteiger partial charge in [-0.3, -0.25) is 0 Å². The number of nitrogens with one attached hydrogen (secondary N) is 1. The Hall–Kier alpha value is -2.50. The monoisotopic (exact) mass is 551 g/mol. The van der Waals surface area contributed by atoms with Crippen molar-refractivity contribution in [2.24, 2.45) is 0 Å². The number of carbonyl (C=O) groups excluding carboxylic acids is 1. The molecule has 1 aromatic heterocycles. The first-order valence-corrected chi connectivity index (χ1v) is 10.2. The molecular formula is C20H21N3O4W. The standard InChI is InChI=1S/C20H21N3O4.W/c1-25-16-6-7-18-17(15-16)20(24)22-8-4-2-3-5-19-21-9-10-23(19)11-12-26-13-14-27-18;/h2-4,6-10,15H,11-14H2,1H3,(H,22,24);. The Morgan fingerprint density at radius 2 is 2.14 bits per heavy atom. The first kappa shape index (κ1) is 20.2. The summed E-state index contributed by atoms with van der Waals surface area (Å²) in [5, 5.41) is 2.75. The van der Waals surface area contributed by atoms with E-state index in [0.29, 0.717) is 43.4 Å². The van der Waals surface area contributed by atoms with Crippen LogP contribution in [0, 0.1) is 0 Å². The second-order valence-electron chi connectivity index (χ2n) is 5.82. The van der Waals surface area contributed by atoms with Crippen molar-refractivity contribution >= 4 is 9.81 Å². The van der Waals surface area contributed by atoms with Crippen molar-refractivity contribution in [3.05, 3.63) is 66.4 Å². The number of methoxy groups -OCH3 is 1. The minimum atomic E-state index is -0.273. The van der Waals surface area contributed by atoms with Crippen molar-refractivity contribution in [3.8, 4) is 11.5 Å². The van der Waals surface area contributed by atoms with E-state index in [4.69, 9.17) is 14.2 Å². The molecule has 1 amide bonds. The van der Waals surface area contributed by atoms with Crippen molar-refractivity contribution in [2.75, 3.05) is 26.9 Å². The molecule has 2 aromatic rings. The molecule has 2 heterocycles. The van der Waals surface area contributed by atoms with Gasteiger partial charge in [0, 0.05) is 0 Å². The van der Waals surface area contributed by atoms with E-state index < -0.39 is 0 Å². The van der Waals surface area contributed by atoms with Crippen molar-refractivity contribution in [3.63, 3.8) is 0 Å². The average molecular weight is 551 g/mol. The zero-order chi connectivity index (χ0) is 19.8. The molecule has 0 fully saturated rings. The molecule has 0 radical (unpaired) electrons. The molecule has 0 aliphatic carbocycles. The van der Waals surface area contributed by atoms with Crippen LogP contribution in [0.5, 0.6) is 11.5 Å². The number of ether oxygens (including phenoxy) is 3. The fourth-order valence-electron chi connectivity index (χ4n) is 2.60. The van der Waals surface area contributed by atoms with Gasteiger partial charge in [0.25, 0.3) is 0 Å². The van der Waals surface area contributed by atoms with Crippen LogP contribution in [0.4, 0.5) is 0 Å². The van der Waals surface area contributed by atoms with E-state index in [1.54, 1.807) is 43.8 Å². The van der Waals surface area contributed by atoms with Crippen molar-refractivity contribution in [1.29, 1.82) is 0 Å². The molecule has 0 saturated carbocycles. The summed E-state index contributed by atoms with van der Waals surface area (Å²) in [5.41, 5.74) is 0.407.